The fraction of sp³-hybridized carbons (Fsp3) is 0.458. The van der Waals surface area contributed by atoms with E-state index in [-0.39, 0.29) is 15.8 Å². The van der Waals surface area contributed by atoms with Crippen LogP contribution in [0.5, 0.6) is 0 Å². The fourth-order valence-corrected chi connectivity index (χ4v) is 6.70. The third kappa shape index (κ3) is 4.77. The van der Waals surface area contributed by atoms with Crippen molar-refractivity contribution in [2.45, 2.75) is 57.5 Å². The molecule has 0 saturated carbocycles. The summed E-state index contributed by atoms with van der Waals surface area (Å²) in [6, 6.07) is 12.7. The molecule has 0 spiro atoms. The molecular formula is C24H31N3O3S2. The monoisotopic (exact) mass is 473 g/mol. The highest BCUT2D eigenvalue weighted by Crippen LogP contribution is 2.26. The second-order valence-corrected chi connectivity index (χ2v) is 11.5. The smallest absolute Gasteiger partial charge is 0.308 e. The van der Waals surface area contributed by atoms with Crippen LogP contribution in [0.3, 0.4) is 0 Å². The molecule has 6 nitrogen and oxygen atoms in total. The molecule has 3 aromatic rings. The van der Waals surface area contributed by atoms with Gasteiger partial charge in [0.25, 0.3) is 0 Å². The first-order chi connectivity index (χ1) is 15.3. The lowest BCUT2D eigenvalue weighted by atomic mass is 9.99. The van der Waals surface area contributed by atoms with Gasteiger partial charge in [-0.05, 0) is 68.0 Å². The van der Waals surface area contributed by atoms with Crippen molar-refractivity contribution in [2.24, 2.45) is 5.92 Å². The van der Waals surface area contributed by atoms with E-state index in [0.717, 1.165) is 41.9 Å². The maximum atomic E-state index is 13.0. The number of hydrogen-bond donors (Lipinski definition) is 1. The molecule has 2 aromatic carbocycles. The van der Waals surface area contributed by atoms with E-state index in [1.54, 1.807) is 22.8 Å². The highest BCUT2D eigenvalue weighted by molar-refractivity contribution is 7.89. The normalized spacial score (nSPS) is 18.2. The molecule has 32 heavy (non-hydrogen) atoms. The summed E-state index contributed by atoms with van der Waals surface area (Å²) in [5, 5.41) is 0. The van der Waals surface area contributed by atoms with Crippen LogP contribution in [0.1, 0.15) is 51.6 Å². The van der Waals surface area contributed by atoms with Gasteiger partial charge in [0.15, 0.2) is 0 Å². The number of rotatable bonds is 7. The molecule has 1 fully saturated rings. The first-order valence-electron chi connectivity index (χ1n) is 11.3. The molecule has 0 unspecified atom stereocenters. The van der Waals surface area contributed by atoms with Crippen LogP contribution >= 0.6 is 11.3 Å². The van der Waals surface area contributed by atoms with Crippen molar-refractivity contribution in [1.29, 1.82) is 0 Å². The highest BCUT2D eigenvalue weighted by Gasteiger charge is 2.21. The van der Waals surface area contributed by atoms with Crippen LogP contribution in [0.4, 0.5) is 5.69 Å². The molecule has 2 heterocycles. The standard InChI is InChI=1S/C24H31N3O3S2/c1-4-13-27-22-12-11-21(15-23(22)31-24(27)28)32(29,30)25-18(3)19-7-9-20(10-8-19)26-14-5-6-17(2)16-26/h7-12,15,17-18,25H,4-6,13-14,16H2,1-3H3/t17-,18+/m0/s1. The third-order valence-corrected chi connectivity index (χ3v) is 8.62. The zero-order valence-corrected chi connectivity index (χ0v) is 20.5. The van der Waals surface area contributed by atoms with Crippen molar-refractivity contribution in [3.63, 3.8) is 0 Å². The van der Waals surface area contributed by atoms with Gasteiger partial charge in [-0.3, -0.25) is 9.36 Å². The SMILES string of the molecule is CCCn1c(=O)sc2cc(S(=O)(=O)N[C@H](C)c3ccc(N4CCC[C@H](C)C4)cc3)ccc21. The molecular weight excluding hydrogens is 442 g/mol. The molecule has 0 amide bonds. The van der Waals surface area contributed by atoms with Gasteiger partial charge in [-0.2, -0.15) is 0 Å². The third-order valence-electron chi connectivity index (χ3n) is 6.14. The Bertz CT molecular complexity index is 1250. The van der Waals surface area contributed by atoms with Gasteiger partial charge in [0.05, 0.1) is 15.1 Å². The van der Waals surface area contributed by atoms with Crippen molar-refractivity contribution in [3.8, 4) is 0 Å². The number of benzene rings is 2. The van der Waals surface area contributed by atoms with Crippen molar-refractivity contribution in [2.75, 3.05) is 18.0 Å². The summed E-state index contributed by atoms with van der Waals surface area (Å²) in [5.74, 6) is 0.698. The predicted molar refractivity (Wildman–Crippen MR) is 132 cm³/mol. The molecule has 0 aliphatic carbocycles. The number of hydrogen-bond acceptors (Lipinski definition) is 5. The van der Waals surface area contributed by atoms with Crippen molar-refractivity contribution >= 4 is 37.3 Å². The summed E-state index contributed by atoms with van der Waals surface area (Å²) in [4.78, 5) is 14.8. The van der Waals surface area contributed by atoms with Crippen LogP contribution < -0.4 is 14.5 Å². The topological polar surface area (TPSA) is 71.4 Å². The lowest BCUT2D eigenvalue weighted by Gasteiger charge is -2.33. The first-order valence-corrected chi connectivity index (χ1v) is 13.6. The Hall–Kier alpha value is -2.16. The van der Waals surface area contributed by atoms with Gasteiger partial charge in [-0.1, -0.05) is 37.3 Å². The highest BCUT2D eigenvalue weighted by atomic mass is 32.2. The molecule has 172 valence electrons. The van der Waals surface area contributed by atoms with Crippen LogP contribution in [-0.2, 0) is 16.6 Å². The minimum atomic E-state index is -3.72. The summed E-state index contributed by atoms with van der Waals surface area (Å²) >= 11 is 1.09. The Kier molecular flexibility index (Phi) is 6.74. The van der Waals surface area contributed by atoms with Crippen molar-refractivity contribution < 1.29 is 8.42 Å². The van der Waals surface area contributed by atoms with E-state index in [0.29, 0.717) is 17.2 Å². The van der Waals surface area contributed by atoms with Gasteiger partial charge >= 0.3 is 4.87 Å². The molecule has 1 aliphatic heterocycles. The van der Waals surface area contributed by atoms with Gasteiger partial charge < -0.3 is 4.90 Å². The summed E-state index contributed by atoms with van der Waals surface area (Å²) in [6.07, 6.45) is 3.33. The number of piperidine rings is 1. The molecule has 1 aliphatic rings. The number of aryl methyl sites for hydroxylation is 1. The van der Waals surface area contributed by atoms with E-state index in [4.69, 9.17) is 0 Å². The molecule has 0 radical (unpaired) electrons. The number of sulfonamides is 1. The average Bonchev–Trinajstić information content (AvgIpc) is 3.08. The number of thiazole rings is 1. The predicted octanol–water partition coefficient (Wildman–Crippen LogP) is 4.75. The molecule has 1 saturated heterocycles. The fourth-order valence-electron chi connectivity index (χ4n) is 4.42. The van der Waals surface area contributed by atoms with Gasteiger partial charge in [0.1, 0.15) is 0 Å². The lowest BCUT2D eigenvalue weighted by molar-refractivity contribution is 0.447. The van der Waals surface area contributed by atoms with Crippen LogP contribution in [0.15, 0.2) is 52.2 Å². The van der Waals surface area contributed by atoms with Crippen molar-refractivity contribution in [1.82, 2.24) is 9.29 Å². The number of fused-ring (bicyclic) bond motifs is 1. The maximum absolute atomic E-state index is 13.0. The Morgan fingerprint density at radius 1 is 1.19 bits per heavy atom. The Morgan fingerprint density at radius 2 is 1.94 bits per heavy atom. The summed E-state index contributed by atoms with van der Waals surface area (Å²) in [6.45, 7) is 8.92. The molecule has 1 aromatic heterocycles. The Labute approximate surface area is 193 Å². The number of nitrogens with zero attached hydrogens (tertiary/aromatic N) is 2. The second kappa shape index (κ2) is 9.37. The maximum Gasteiger partial charge on any atom is 0.308 e. The minimum Gasteiger partial charge on any atom is -0.371 e. The molecule has 8 heteroatoms. The number of nitrogens with one attached hydrogen (secondary N) is 1. The van der Waals surface area contributed by atoms with E-state index < -0.39 is 10.0 Å². The van der Waals surface area contributed by atoms with Crippen LogP contribution in [0.2, 0.25) is 0 Å². The molecule has 0 bridgehead atoms. The zero-order valence-electron chi connectivity index (χ0n) is 18.9. The summed E-state index contributed by atoms with van der Waals surface area (Å²) < 4.78 is 31.2. The van der Waals surface area contributed by atoms with Gasteiger partial charge in [0.2, 0.25) is 10.0 Å². The van der Waals surface area contributed by atoms with Gasteiger partial charge in [-0.15, -0.1) is 0 Å². The molecule has 2 atom stereocenters. The minimum absolute atomic E-state index is 0.0547. The number of aromatic nitrogens is 1. The summed E-state index contributed by atoms with van der Waals surface area (Å²) in [5.41, 5.74) is 2.89. The molecule has 4 rings (SSSR count). The van der Waals surface area contributed by atoms with E-state index in [1.165, 1.54) is 18.5 Å². The van der Waals surface area contributed by atoms with Crippen LogP contribution in [0, 0.1) is 5.92 Å². The largest absolute Gasteiger partial charge is 0.371 e. The van der Waals surface area contributed by atoms with E-state index in [2.05, 4.69) is 28.7 Å². The van der Waals surface area contributed by atoms with Gasteiger partial charge in [0, 0.05) is 31.4 Å². The van der Waals surface area contributed by atoms with Gasteiger partial charge in [-0.25, -0.2) is 13.1 Å². The van der Waals surface area contributed by atoms with E-state index >= 15 is 0 Å². The second-order valence-electron chi connectivity index (χ2n) is 8.78. The van der Waals surface area contributed by atoms with Crippen molar-refractivity contribution in [3.05, 3.63) is 57.7 Å². The number of anilines is 1. The van der Waals surface area contributed by atoms with Crippen LogP contribution in [0.25, 0.3) is 10.2 Å². The Balaban J connectivity index is 1.51. The Morgan fingerprint density at radius 3 is 2.62 bits per heavy atom. The van der Waals surface area contributed by atoms with E-state index in [9.17, 15) is 13.2 Å². The zero-order chi connectivity index (χ0) is 22.9. The molecule has 1 N–H and O–H groups in total. The first kappa shape index (κ1) is 23.0. The summed E-state index contributed by atoms with van der Waals surface area (Å²) in [7, 11) is -3.72. The average molecular weight is 474 g/mol. The quantitative estimate of drug-likeness (QED) is 0.538. The van der Waals surface area contributed by atoms with Crippen LogP contribution in [-0.4, -0.2) is 26.1 Å². The lowest BCUT2D eigenvalue weighted by Crippen LogP contribution is -2.34. The van der Waals surface area contributed by atoms with E-state index in [1.807, 2.05) is 26.0 Å².